The van der Waals surface area contributed by atoms with Crippen LogP contribution < -0.4 is 5.32 Å². The van der Waals surface area contributed by atoms with Crippen molar-refractivity contribution in [3.05, 3.63) is 0 Å². The molecule has 1 N–H and O–H groups in total. The number of rotatable bonds is 4. The van der Waals surface area contributed by atoms with Crippen molar-refractivity contribution in [2.24, 2.45) is 0 Å². The fraction of sp³-hybridized carbons (Fsp3) is 0.900. The third kappa shape index (κ3) is 1.99. The van der Waals surface area contributed by atoms with E-state index < -0.39 is 0 Å². The fourth-order valence-electron chi connectivity index (χ4n) is 1.76. The van der Waals surface area contributed by atoms with Crippen LogP contribution in [0, 0.1) is 0 Å². The van der Waals surface area contributed by atoms with E-state index in [2.05, 4.69) is 12.2 Å². The van der Waals surface area contributed by atoms with E-state index in [0.29, 0.717) is 6.42 Å². The molecule has 0 bridgehead atoms. The molecule has 1 aliphatic carbocycles. The maximum atomic E-state index is 11.3. The summed E-state index contributed by atoms with van der Waals surface area (Å²) in [6.07, 6.45) is 6.36. The molecule has 12 heavy (non-hydrogen) atoms. The first kappa shape index (κ1) is 9.56. The molecule has 0 aromatic rings. The molecule has 1 aliphatic rings. The Morgan fingerprint density at radius 2 is 2.08 bits per heavy atom. The molecule has 1 fully saturated rings. The molecule has 0 aliphatic heterocycles. The highest BCUT2D eigenvalue weighted by Crippen LogP contribution is 2.34. The molecule has 0 aromatic heterocycles. The highest BCUT2D eigenvalue weighted by molar-refractivity contribution is 5.76. The van der Waals surface area contributed by atoms with Crippen molar-refractivity contribution >= 4 is 5.91 Å². The van der Waals surface area contributed by atoms with Gasteiger partial charge in [-0.1, -0.05) is 13.8 Å². The van der Waals surface area contributed by atoms with E-state index in [4.69, 9.17) is 0 Å². The monoisotopic (exact) mass is 169 g/mol. The molecule has 1 amide bonds. The lowest BCUT2D eigenvalue weighted by Gasteiger charge is -2.42. The Bertz CT molecular complexity index is 156. The molecular weight excluding hydrogens is 150 g/mol. The van der Waals surface area contributed by atoms with Gasteiger partial charge in [0.15, 0.2) is 0 Å². The number of hydrogen-bond donors (Lipinski definition) is 1. The van der Waals surface area contributed by atoms with E-state index >= 15 is 0 Å². The van der Waals surface area contributed by atoms with Crippen LogP contribution in [0.4, 0.5) is 0 Å². The topological polar surface area (TPSA) is 29.1 Å². The van der Waals surface area contributed by atoms with Gasteiger partial charge >= 0.3 is 0 Å². The van der Waals surface area contributed by atoms with Crippen LogP contribution in [0.5, 0.6) is 0 Å². The lowest BCUT2D eigenvalue weighted by molar-refractivity contribution is -0.124. The van der Waals surface area contributed by atoms with Gasteiger partial charge in [0.05, 0.1) is 0 Å². The van der Waals surface area contributed by atoms with Gasteiger partial charge in [0, 0.05) is 12.0 Å². The van der Waals surface area contributed by atoms with Crippen molar-refractivity contribution in [1.29, 1.82) is 0 Å². The Morgan fingerprint density at radius 3 is 2.42 bits per heavy atom. The third-order valence-corrected chi connectivity index (χ3v) is 2.87. The van der Waals surface area contributed by atoms with Gasteiger partial charge < -0.3 is 5.32 Å². The number of carbonyl (C=O) groups is 1. The summed E-state index contributed by atoms with van der Waals surface area (Å²) in [5.41, 5.74) is 0.187. The van der Waals surface area contributed by atoms with Crippen molar-refractivity contribution in [2.45, 2.75) is 57.9 Å². The maximum Gasteiger partial charge on any atom is 0.220 e. The molecule has 0 unspecified atom stereocenters. The predicted octanol–water partition coefficient (Wildman–Crippen LogP) is 2.24. The molecule has 0 aromatic carbocycles. The summed E-state index contributed by atoms with van der Waals surface area (Å²) >= 11 is 0. The zero-order valence-corrected chi connectivity index (χ0v) is 8.15. The summed E-state index contributed by atoms with van der Waals surface area (Å²) in [5.74, 6) is 0.235. The van der Waals surface area contributed by atoms with Gasteiger partial charge in [-0.2, -0.15) is 0 Å². The van der Waals surface area contributed by atoms with Gasteiger partial charge in [0.2, 0.25) is 5.91 Å². The van der Waals surface area contributed by atoms with E-state index in [1.165, 1.54) is 19.3 Å². The molecular formula is C10H19NO. The zero-order chi connectivity index (χ0) is 9.03. The van der Waals surface area contributed by atoms with Crippen LogP contribution >= 0.6 is 0 Å². The minimum Gasteiger partial charge on any atom is -0.351 e. The molecule has 0 heterocycles. The van der Waals surface area contributed by atoms with Gasteiger partial charge in [-0.05, 0) is 32.1 Å². The summed E-state index contributed by atoms with van der Waals surface area (Å²) in [6, 6.07) is 0. The minimum atomic E-state index is 0.187. The summed E-state index contributed by atoms with van der Waals surface area (Å²) < 4.78 is 0. The normalized spacial score (nSPS) is 19.8. The third-order valence-electron chi connectivity index (χ3n) is 2.87. The fourth-order valence-corrected chi connectivity index (χ4v) is 1.76. The van der Waals surface area contributed by atoms with Gasteiger partial charge in [-0.25, -0.2) is 0 Å². The average molecular weight is 169 g/mol. The minimum absolute atomic E-state index is 0.187. The summed E-state index contributed by atoms with van der Waals surface area (Å²) in [4.78, 5) is 11.3. The lowest BCUT2D eigenvalue weighted by Crippen LogP contribution is -2.52. The smallest absolute Gasteiger partial charge is 0.220 e. The molecule has 0 saturated heterocycles. The molecule has 2 nitrogen and oxygen atoms in total. The standard InChI is InChI=1S/C10H19NO/c1-3-6-9(12)11-10(4-2)7-5-8-10/h3-8H2,1-2H3,(H,11,12). The van der Waals surface area contributed by atoms with Crippen LogP contribution in [-0.2, 0) is 4.79 Å². The predicted molar refractivity (Wildman–Crippen MR) is 49.9 cm³/mol. The number of nitrogens with one attached hydrogen (secondary N) is 1. The molecule has 0 spiro atoms. The number of hydrogen-bond acceptors (Lipinski definition) is 1. The largest absolute Gasteiger partial charge is 0.351 e. The van der Waals surface area contributed by atoms with Crippen LogP contribution in [0.25, 0.3) is 0 Å². The van der Waals surface area contributed by atoms with Gasteiger partial charge in [0.1, 0.15) is 0 Å². The lowest BCUT2D eigenvalue weighted by atomic mass is 9.75. The van der Waals surface area contributed by atoms with Crippen LogP contribution in [0.3, 0.4) is 0 Å². The second-order valence-electron chi connectivity index (χ2n) is 3.79. The van der Waals surface area contributed by atoms with Crippen molar-refractivity contribution in [3.63, 3.8) is 0 Å². The summed E-state index contributed by atoms with van der Waals surface area (Å²) in [5, 5.41) is 3.14. The quantitative estimate of drug-likeness (QED) is 0.687. The summed E-state index contributed by atoms with van der Waals surface area (Å²) in [6.45, 7) is 4.20. The molecule has 2 heteroatoms. The van der Waals surface area contributed by atoms with Crippen LogP contribution in [0.15, 0.2) is 0 Å². The van der Waals surface area contributed by atoms with E-state index in [1.807, 2.05) is 6.92 Å². The Balaban J connectivity index is 2.32. The van der Waals surface area contributed by atoms with E-state index in [0.717, 1.165) is 12.8 Å². The van der Waals surface area contributed by atoms with E-state index in [-0.39, 0.29) is 11.4 Å². The van der Waals surface area contributed by atoms with E-state index in [1.54, 1.807) is 0 Å². The van der Waals surface area contributed by atoms with E-state index in [9.17, 15) is 4.79 Å². The zero-order valence-electron chi connectivity index (χ0n) is 8.15. The number of amides is 1. The Morgan fingerprint density at radius 1 is 1.42 bits per heavy atom. The molecule has 1 rings (SSSR count). The first-order chi connectivity index (χ1) is 5.72. The Kier molecular flexibility index (Phi) is 3.12. The van der Waals surface area contributed by atoms with Gasteiger partial charge in [-0.15, -0.1) is 0 Å². The molecule has 70 valence electrons. The van der Waals surface area contributed by atoms with Crippen LogP contribution in [-0.4, -0.2) is 11.4 Å². The van der Waals surface area contributed by atoms with Crippen molar-refractivity contribution in [3.8, 4) is 0 Å². The highest BCUT2D eigenvalue weighted by atomic mass is 16.1. The maximum absolute atomic E-state index is 11.3. The Hall–Kier alpha value is -0.530. The van der Waals surface area contributed by atoms with Gasteiger partial charge in [0.25, 0.3) is 0 Å². The van der Waals surface area contributed by atoms with Crippen molar-refractivity contribution < 1.29 is 4.79 Å². The highest BCUT2D eigenvalue weighted by Gasteiger charge is 2.35. The SMILES string of the molecule is CCCC(=O)NC1(CC)CCC1. The Labute approximate surface area is 74.7 Å². The second kappa shape index (κ2) is 3.92. The van der Waals surface area contributed by atoms with Crippen molar-refractivity contribution in [2.75, 3.05) is 0 Å². The van der Waals surface area contributed by atoms with Crippen molar-refractivity contribution in [1.82, 2.24) is 5.32 Å². The second-order valence-corrected chi connectivity index (χ2v) is 3.79. The van der Waals surface area contributed by atoms with Gasteiger partial charge in [-0.3, -0.25) is 4.79 Å². The first-order valence-electron chi connectivity index (χ1n) is 5.03. The van der Waals surface area contributed by atoms with Crippen LogP contribution in [0.1, 0.15) is 52.4 Å². The molecule has 1 saturated carbocycles. The average Bonchev–Trinajstić information content (AvgIpc) is 1.97. The first-order valence-corrected chi connectivity index (χ1v) is 5.03. The van der Waals surface area contributed by atoms with Crippen LogP contribution in [0.2, 0.25) is 0 Å². The molecule has 0 radical (unpaired) electrons. The summed E-state index contributed by atoms with van der Waals surface area (Å²) in [7, 11) is 0. The number of carbonyl (C=O) groups excluding carboxylic acids is 1. The molecule has 0 atom stereocenters.